The molecule has 2 N–H and O–H groups in total. The number of aromatic nitrogens is 3. The van der Waals surface area contributed by atoms with Crippen molar-refractivity contribution in [1.82, 2.24) is 20.1 Å². The molecule has 0 saturated carbocycles. The maximum Gasteiger partial charge on any atom is 0.140 e. The van der Waals surface area contributed by atoms with Crippen LogP contribution >= 0.6 is 0 Å². The van der Waals surface area contributed by atoms with Gasteiger partial charge in [-0.2, -0.15) is 5.10 Å². The molecular weight excluding hydrogens is 192 g/mol. The zero-order chi connectivity index (χ0) is 11.3. The van der Waals surface area contributed by atoms with Crippen LogP contribution in [0.25, 0.3) is 0 Å². The third kappa shape index (κ3) is 3.28. The van der Waals surface area contributed by atoms with Gasteiger partial charge in [0.2, 0.25) is 0 Å². The summed E-state index contributed by atoms with van der Waals surface area (Å²) in [5.74, 6) is 0.879. The van der Waals surface area contributed by atoms with Crippen LogP contribution in [-0.4, -0.2) is 32.0 Å². The number of rotatable bonds is 6. The molecule has 0 aromatic carbocycles. The summed E-state index contributed by atoms with van der Waals surface area (Å²) >= 11 is 0. The van der Waals surface area contributed by atoms with E-state index in [1.54, 1.807) is 4.68 Å². The van der Waals surface area contributed by atoms with Gasteiger partial charge in [0.05, 0.1) is 12.1 Å². The van der Waals surface area contributed by atoms with Crippen LogP contribution in [0.15, 0.2) is 6.33 Å². The first-order valence-electron chi connectivity index (χ1n) is 5.37. The molecule has 1 aromatic heterocycles. The highest BCUT2D eigenvalue weighted by Crippen LogP contribution is 2.12. The quantitative estimate of drug-likeness (QED) is 0.719. The number of aryl methyl sites for hydroxylation is 1. The molecule has 0 radical (unpaired) electrons. The van der Waals surface area contributed by atoms with E-state index < -0.39 is 5.60 Å². The van der Waals surface area contributed by atoms with Gasteiger partial charge >= 0.3 is 0 Å². The van der Waals surface area contributed by atoms with Gasteiger partial charge in [0.1, 0.15) is 12.2 Å². The van der Waals surface area contributed by atoms with Crippen molar-refractivity contribution < 1.29 is 5.11 Å². The van der Waals surface area contributed by atoms with Crippen LogP contribution in [0, 0.1) is 0 Å². The molecule has 0 amide bonds. The number of aliphatic hydroxyl groups is 1. The zero-order valence-corrected chi connectivity index (χ0v) is 9.69. The van der Waals surface area contributed by atoms with E-state index in [1.165, 1.54) is 6.33 Å². The van der Waals surface area contributed by atoms with Crippen molar-refractivity contribution in [1.29, 1.82) is 0 Å². The minimum absolute atomic E-state index is 0.590. The van der Waals surface area contributed by atoms with Crippen LogP contribution in [-0.2, 0) is 13.6 Å². The first kappa shape index (κ1) is 12.1. The molecule has 0 fully saturated rings. The van der Waals surface area contributed by atoms with Crippen molar-refractivity contribution in [3.63, 3.8) is 0 Å². The van der Waals surface area contributed by atoms with Gasteiger partial charge in [0, 0.05) is 13.6 Å². The van der Waals surface area contributed by atoms with E-state index in [9.17, 15) is 5.11 Å². The molecule has 5 nitrogen and oxygen atoms in total. The van der Waals surface area contributed by atoms with E-state index >= 15 is 0 Å². The Hall–Kier alpha value is -0.940. The molecule has 86 valence electrons. The zero-order valence-electron chi connectivity index (χ0n) is 9.69. The van der Waals surface area contributed by atoms with Crippen LogP contribution in [0.1, 0.15) is 32.5 Å². The Morgan fingerprint density at radius 3 is 2.60 bits per heavy atom. The molecule has 0 bridgehead atoms. The molecule has 1 aromatic rings. The van der Waals surface area contributed by atoms with Crippen molar-refractivity contribution in [3.8, 4) is 0 Å². The molecule has 0 atom stereocenters. The molecule has 5 heteroatoms. The van der Waals surface area contributed by atoms with Gasteiger partial charge in [-0.25, -0.2) is 4.98 Å². The maximum absolute atomic E-state index is 10.0. The molecule has 0 aliphatic heterocycles. The molecule has 0 saturated heterocycles. The fourth-order valence-electron chi connectivity index (χ4n) is 1.39. The number of nitrogens with zero attached hydrogens (tertiary/aromatic N) is 3. The maximum atomic E-state index is 10.0. The lowest BCUT2D eigenvalue weighted by Gasteiger charge is -2.25. The fourth-order valence-corrected chi connectivity index (χ4v) is 1.39. The minimum atomic E-state index is -0.599. The average Bonchev–Trinajstić information content (AvgIpc) is 2.64. The monoisotopic (exact) mass is 212 g/mol. The summed E-state index contributed by atoms with van der Waals surface area (Å²) in [4.78, 5) is 4.09. The summed E-state index contributed by atoms with van der Waals surface area (Å²) in [5, 5.41) is 17.2. The van der Waals surface area contributed by atoms with Crippen LogP contribution in [0.5, 0.6) is 0 Å². The molecule has 1 heterocycles. The van der Waals surface area contributed by atoms with E-state index in [1.807, 2.05) is 20.9 Å². The second-order valence-electron chi connectivity index (χ2n) is 3.83. The van der Waals surface area contributed by atoms with Gasteiger partial charge in [-0.3, -0.25) is 4.68 Å². The molecule has 1 rings (SSSR count). The van der Waals surface area contributed by atoms with Gasteiger partial charge in [0.15, 0.2) is 0 Å². The van der Waals surface area contributed by atoms with E-state index in [4.69, 9.17) is 0 Å². The van der Waals surface area contributed by atoms with Crippen LogP contribution in [0.4, 0.5) is 0 Å². The summed E-state index contributed by atoms with van der Waals surface area (Å²) < 4.78 is 1.73. The summed E-state index contributed by atoms with van der Waals surface area (Å²) in [7, 11) is 1.86. The van der Waals surface area contributed by atoms with E-state index in [0.29, 0.717) is 13.1 Å². The first-order chi connectivity index (χ1) is 7.11. The van der Waals surface area contributed by atoms with Gasteiger partial charge < -0.3 is 10.4 Å². The molecule has 0 aliphatic rings. The average molecular weight is 212 g/mol. The second kappa shape index (κ2) is 5.23. The Balaban J connectivity index is 2.36. The molecule has 15 heavy (non-hydrogen) atoms. The van der Waals surface area contributed by atoms with Gasteiger partial charge in [-0.15, -0.1) is 0 Å². The Kier molecular flexibility index (Phi) is 4.23. The minimum Gasteiger partial charge on any atom is -0.389 e. The highest BCUT2D eigenvalue weighted by atomic mass is 16.3. The summed E-state index contributed by atoms with van der Waals surface area (Å²) in [6, 6.07) is 0. The summed E-state index contributed by atoms with van der Waals surface area (Å²) in [5.41, 5.74) is -0.599. The Morgan fingerprint density at radius 1 is 1.47 bits per heavy atom. The van der Waals surface area contributed by atoms with E-state index in [-0.39, 0.29) is 0 Å². The van der Waals surface area contributed by atoms with Crippen LogP contribution < -0.4 is 5.32 Å². The highest BCUT2D eigenvalue weighted by molar-refractivity contribution is 4.84. The van der Waals surface area contributed by atoms with Crippen molar-refractivity contribution in [2.45, 2.75) is 38.8 Å². The SMILES string of the molecule is CCC(O)(CC)CNCc1ncnn1C. The van der Waals surface area contributed by atoms with E-state index in [2.05, 4.69) is 15.4 Å². The smallest absolute Gasteiger partial charge is 0.140 e. The predicted octanol–water partition coefficient (Wildman–Crippen LogP) is 0.456. The standard InChI is InChI=1S/C10H20N4O/c1-4-10(15,5-2)7-11-6-9-12-8-13-14(9)3/h8,11,15H,4-7H2,1-3H3. The van der Waals surface area contributed by atoms with Crippen LogP contribution in [0.2, 0.25) is 0 Å². The third-order valence-electron chi connectivity index (χ3n) is 2.86. The molecule has 0 unspecified atom stereocenters. The second-order valence-corrected chi connectivity index (χ2v) is 3.83. The first-order valence-corrected chi connectivity index (χ1v) is 5.37. The molecular formula is C10H20N4O. The normalized spacial score (nSPS) is 12.0. The van der Waals surface area contributed by atoms with E-state index in [0.717, 1.165) is 18.7 Å². The van der Waals surface area contributed by atoms with Crippen molar-refractivity contribution >= 4 is 0 Å². The number of hydrogen-bond acceptors (Lipinski definition) is 4. The summed E-state index contributed by atoms with van der Waals surface area (Å²) in [6.07, 6.45) is 3.05. The topological polar surface area (TPSA) is 63.0 Å². The lowest BCUT2D eigenvalue weighted by molar-refractivity contribution is 0.0321. The van der Waals surface area contributed by atoms with Crippen LogP contribution in [0.3, 0.4) is 0 Å². The third-order valence-corrected chi connectivity index (χ3v) is 2.86. The number of nitrogens with one attached hydrogen (secondary N) is 1. The van der Waals surface area contributed by atoms with Crippen molar-refractivity contribution in [2.24, 2.45) is 7.05 Å². The Bertz CT molecular complexity index is 293. The fraction of sp³-hybridized carbons (Fsp3) is 0.800. The largest absolute Gasteiger partial charge is 0.389 e. The molecule has 0 spiro atoms. The molecule has 0 aliphatic carbocycles. The lowest BCUT2D eigenvalue weighted by Crippen LogP contribution is -2.39. The Labute approximate surface area is 90.5 Å². The van der Waals surface area contributed by atoms with Gasteiger partial charge in [-0.1, -0.05) is 13.8 Å². The summed E-state index contributed by atoms with van der Waals surface area (Å²) in [6.45, 7) is 5.21. The highest BCUT2D eigenvalue weighted by Gasteiger charge is 2.21. The number of hydrogen-bond donors (Lipinski definition) is 2. The van der Waals surface area contributed by atoms with Crippen molar-refractivity contribution in [3.05, 3.63) is 12.2 Å². The van der Waals surface area contributed by atoms with Crippen molar-refractivity contribution in [2.75, 3.05) is 6.54 Å². The van der Waals surface area contributed by atoms with Gasteiger partial charge in [-0.05, 0) is 12.8 Å². The predicted molar refractivity (Wildman–Crippen MR) is 58.2 cm³/mol. The lowest BCUT2D eigenvalue weighted by atomic mass is 9.98. The van der Waals surface area contributed by atoms with Gasteiger partial charge in [0.25, 0.3) is 0 Å². The Morgan fingerprint density at radius 2 is 2.13 bits per heavy atom.